The number of carbonyl (C=O) groups is 1. The number of anilines is 2. The van der Waals surface area contributed by atoms with Gasteiger partial charge in [-0.15, -0.1) is 11.3 Å². The van der Waals surface area contributed by atoms with Crippen LogP contribution in [0.4, 0.5) is 11.5 Å². The number of rotatable bonds is 5. The summed E-state index contributed by atoms with van der Waals surface area (Å²) in [4.78, 5) is 12.4. The van der Waals surface area contributed by atoms with Gasteiger partial charge in [0.05, 0.1) is 9.77 Å². The molecule has 2 N–H and O–H groups in total. The third-order valence-electron chi connectivity index (χ3n) is 3.01. The molecule has 0 unspecified atom stereocenters. The lowest BCUT2D eigenvalue weighted by Gasteiger charge is -2.05. The van der Waals surface area contributed by atoms with E-state index in [0.717, 1.165) is 11.3 Å². The van der Waals surface area contributed by atoms with E-state index in [4.69, 9.17) is 4.52 Å². The summed E-state index contributed by atoms with van der Waals surface area (Å²) in [5.41, 5.74) is 0.452. The van der Waals surface area contributed by atoms with E-state index in [1.807, 2.05) is 0 Å². The summed E-state index contributed by atoms with van der Waals surface area (Å²) in [6.07, 6.45) is 0. The van der Waals surface area contributed by atoms with Crippen LogP contribution in [0.1, 0.15) is 15.4 Å². The van der Waals surface area contributed by atoms with E-state index in [1.54, 1.807) is 43.3 Å². The van der Waals surface area contributed by atoms with Gasteiger partial charge in [0, 0.05) is 17.1 Å². The van der Waals surface area contributed by atoms with Gasteiger partial charge in [-0.05, 0) is 25.1 Å². The van der Waals surface area contributed by atoms with Crippen molar-refractivity contribution in [3.05, 3.63) is 58.5 Å². The molecule has 3 aromatic rings. The SMILES string of the molecule is Cc1cc(NC(=O)c2cc(S(=O)(=O)Nc3ccccc3)cs2)no1. The maximum absolute atomic E-state index is 12.3. The van der Waals surface area contributed by atoms with Gasteiger partial charge in [0.2, 0.25) is 0 Å². The molecule has 0 saturated carbocycles. The molecule has 0 spiro atoms. The first-order chi connectivity index (χ1) is 11.4. The Labute approximate surface area is 142 Å². The van der Waals surface area contributed by atoms with Crippen LogP contribution in [-0.2, 0) is 10.0 Å². The Bertz CT molecular complexity index is 962. The van der Waals surface area contributed by atoms with Crippen LogP contribution in [0.5, 0.6) is 0 Å². The zero-order valence-electron chi connectivity index (χ0n) is 12.5. The first kappa shape index (κ1) is 16.2. The zero-order chi connectivity index (χ0) is 17.2. The molecule has 24 heavy (non-hydrogen) atoms. The molecule has 0 aliphatic heterocycles. The van der Waals surface area contributed by atoms with Crippen LogP contribution >= 0.6 is 11.3 Å². The standard InChI is InChI=1S/C15H13N3O4S2/c1-10-7-14(17-22-10)16-15(19)13-8-12(9-23-13)24(20,21)18-11-5-3-2-4-6-11/h2-9,18H,1H3,(H,16,17,19). The molecule has 0 atom stereocenters. The van der Waals surface area contributed by atoms with Gasteiger partial charge in [-0.3, -0.25) is 9.52 Å². The second kappa shape index (κ2) is 6.46. The number of aromatic nitrogens is 1. The Hall–Kier alpha value is -2.65. The van der Waals surface area contributed by atoms with Crippen molar-refractivity contribution in [2.45, 2.75) is 11.8 Å². The highest BCUT2D eigenvalue weighted by Gasteiger charge is 2.19. The van der Waals surface area contributed by atoms with Crippen molar-refractivity contribution in [3.8, 4) is 0 Å². The van der Waals surface area contributed by atoms with Crippen LogP contribution in [0.25, 0.3) is 0 Å². The van der Waals surface area contributed by atoms with E-state index in [-0.39, 0.29) is 15.6 Å². The number of hydrogen-bond donors (Lipinski definition) is 2. The topological polar surface area (TPSA) is 101 Å². The van der Waals surface area contributed by atoms with Gasteiger partial charge >= 0.3 is 0 Å². The summed E-state index contributed by atoms with van der Waals surface area (Å²) in [5.74, 6) is 0.388. The second-order valence-electron chi connectivity index (χ2n) is 4.90. The van der Waals surface area contributed by atoms with Crippen molar-refractivity contribution >= 4 is 38.8 Å². The summed E-state index contributed by atoms with van der Waals surface area (Å²) >= 11 is 1.03. The Morgan fingerprint density at radius 3 is 2.62 bits per heavy atom. The first-order valence-corrected chi connectivity index (χ1v) is 9.21. The number of thiophene rings is 1. The first-order valence-electron chi connectivity index (χ1n) is 6.85. The normalized spacial score (nSPS) is 11.2. The number of para-hydroxylation sites is 1. The van der Waals surface area contributed by atoms with Gasteiger partial charge in [-0.2, -0.15) is 0 Å². The molecule has 7 nitrogen and oxygen atoms in total. The van der Waals surface area contributed by atoms with Crippen molar-refractivity contribution < 1.29 is 17.7 Å². The van der Waals surface area contributed by atoms with Crippen molar-refractivity contribution in [3.63, 3.8) is 0 Å². The van der Waals surface area contributed by atoms with Gasteiger partial charge in [0.25, 0.3) is 15.9 Å². The van der Waals surface area contributed by atoms with Crippen LogP contribution in [0.15, 0.2) is 57.3 Å². The lowest BCUT2D eigenvalue weighted by Crippen LogP contribution is -2.13. The minimum atomic E-state index is -3.75. The third-order valence-corrected chi connectivity index (χ3v) is 5.44. The van der Waals surface area contributed by atoms with Crippen molar-refractivity contribution in [2.24, 2.45) is 0 Å². The molecule has 0 bridgehead atoms. The lowest BCUT2D eigenvalue weighted by molar-refractivity contribution is 0.102. The lowest BCUT2D eigenvalue weighted by atomic mass is 10.3. The number of benzene rings is 1. The fourth-order valence-corrected chi connectivity index (χ4v) is 4.13. The number of aryl methyl sites for hydroxylation is 1. The number of amides is 1. The van der Waals surface area contributed by atoms with E-state index in [1.165, 1.54) is 11.4 Å². The van der Waals surface area contributed by atoms with Crippen molar-refractivity contribution in [1.29, 1.82) is 0 Å². The molecule has 0 aliphatic carbocycles. The maximum atomic E-state index is 12.3. The van der Waals surface area contributed by atoms with E-state index in [9.17, 15) is 13.2 Å². The zero-order valence-corrected chi connectivity index (χ0v) is 14.1. The molecule has 0 saturated heterocycles. The quantitative estimate of drug-likeness (QED) is 0.725. The molecule has 2 heterocycles. The average Bonchev–Trinajstić information content (AvgIpc) is 3.17. The largest absolute Gasteiger partial charge is 0.360 e. The minimum absolute atomic E-state index is 0.0258. The molecule has 0 fully saturated rings. The van der Waals surface area contributed by atoms with Crippen molar-refractivity contribution in [2.75, 3.05) is 10.0 Å². The average molecular weight is 363 g/mol. The number of sulfonamides is 1. The molecule has 3 rings (SSSR count). The molecule has 1 amide bonds. The summed E-state index contributed by atoms with van der Waals surface area (Å²) in [5, 5.41) is 7.62. The summed E-state index contributed by atoms with van der Waals surface area (Å²) in [7, 11) is -3.75. The minimum Gasteiger partial charge on any atom is -0.360 e. The summed E-state index contributed by atoms with van der Waals surface area (Å²) in [6.45, 7) is 1.70. The molecular weight excluding hydrogens is 350 g/mol. The van der Waals surface area contributed by atoms with E-state index >= 15 is 0 Å². The fraction of sp³-hybridized carbons (Fsp3) is 0.0667. The van der Waals surface area contributed by atoms with E-state index in [0.29, 0.717) is 11.4 Å². The highest BCUT2D eigenvalue weighted by atomic mass is 32.2. The second-order valence-corrected chi connectivity index (χ2v) is 7.49. The Kier molecular flexibility index (Phi) is 4.36. The molecule has 0 aliphatic rings. The van der Waals surface area contributed by atoms with E-state index in [2.05, 4.69) is 15.2 Å². The molecule has 9 heteroatoms. The smallest absolute Gasteiger partial charge is 0.267 e. The van der Waals surface area contributed by atoms with Crippen LogP contribution in [0.3, 0.4) is 0 Å². The predicted molar refractivity (Wildman–Crippen MR) is 90.8 cm³/mol. The van der Waals surface area contributed by atoms with Crippen LogP contribution in [0, 0.1) is 6.92 Å². The Morgan fingerprint density at radius 1 is 1.21 bits per heavy atom. The van der Waals surface area contributed by atoms with Gasteiger partial charge in [0.1, 0.15) is 5.76 Å². The number of hydrogen-bond acceptors (Lipinski definition) is 6. The molecule has 1 aromatic carbocycles. The Morgan fingerprint density at radius 2 is 1.96 bits per heavy atom. The Balaban J connectivity index is 1.75. The molecule has 2 aromatic heterocycles. The molecule has 0 radical (unpaired) electrons. The molecule has 124 valence electrons. The van der Waals surface area contributed by atoms with Gasteiger partial charge in [-0.1, -0.05) is 23.4 Å². The third kappa shape index (κ3) is 3.63. The summed E-state index contributed by atoms with van der Waals surface area (Å²) < 4.78 is 32.0. The number of nitrogens with one attached hydrogen (secondary N) is 2. The van der Waals surface area contributed by atoms with Crippen molar-refractivity contribution in [1.82, 2.24) is 5.16 Å². The van der Waals surface area contributed by atoms with Crippen LogP contribution < -0.4 is 10.0 Å². The predicted octanol–water partition coefficient (Wildman–Crippen LogP) is 3.10. The number of nitrogens with zero attached hydrogens (tertiary/aromatic N) is 1. The maximum Gasteiger partial charge on any atom is 0.267 e. The van der Waals surface area contributed by atoms with Gasteiger partial charge in [0.15, 0.2) is 5.82 Å². The van der Waals surface area contributed by atoms with Crippen LogP contribution in [-0.4, -0.2) is 19.5 Å². The number of carbonyl (C=O) groups excluding carboxylic acids is 1. The fourth-order valence-electron chi connectivity index (χ4n) is 1.90. The molecular formula is C15H13N3O4S2. The van der Waals surface area contributed by atoms with Gasteiger partial charge < -0.3 is 9.84 Å². The van der Waals surface area contributed by atoms with Crippen LogP contribution in [0.2, 0.25) is 0 Å². The summed E-state index contributed by atoms with van der Waals surface area (Å²) in [6, 6.07) is 11.4. The monoisotopic (exact) mass is 363 g/mol. The van der Waals surface area contributed by atoms with E-state index < -0.39 is 15.9 Å². The van der Waals surface area contributed by atoms with Gasteiger partial charge in [-0.25, -0.2) is 8.42 Å². The highest BCUT2D eigenvalue weighted by Crippen LogP contribution is 2.23. The highest BCUT2D eigenvalue weighted by molar-refractivity contribution is 7.92.